The number of hydrogen-bond donors (Lipinski definition) is 0. The molecule has 1 saturated heterocycles. The fourth-order valence-electron chi connectivity index (χ4n) is 2.56. The minimum atomic E-state index is -0.432. The van der Waals surface area contributed by atoms with Crippen molar-refractivity contribution in [1.82, 2.24) is 4.90 Å². The van der Waals surface area contributed by atoms with Crippen LogP contribution in [-0.2, 0) is 0 Å². The van der Waals surface area contributed by atoms with Gasteiger partial charge in [0.15, 0.2) is 11.5 Å². The Labute approximate surface area is 131 Å². The number of nitro groups is 1. The number of likely N-dealkylation sites (tertiary alicyclic amines) is 1. The Kier molecular flexibility index (Phi) is 5.24. The molecule has 1 fully saturated rings. The van der Waals surface area contributed by atoms with Crippen molar-refractivity contribution >= 4 is 5.69 Å². The van der Waals surface area contributed by atoms with Gasteiger partial charge in [0.25, 0.3) is 5.69 Å². The van der Waals surface area contributed by atoms with Crippen LogP contribution in [0.5, 0.6) is 11.5 Å². The van der Waals surface area contributed by atoms with Crippen molar-refractivity contribution in [1.29, 1.82) is 0 Å². The van der Waals surface area contributed by atoms with Crippen molar-refractivity contribution in [3.63, 3.8) is 0 Å². The van der Waals surface area contributed by atoms with Gasteiger partial charge in [0.1, 0.15) is 6.61 Å². The SMILES string of the molecule is COc1ccc([N+](=O)[O-])cc1OCCN1CCC(C)(C)CC1. The largest absolute Gasteiger partial charge is 0.493 e. The zero-order valence-electron chi connectivity index (χ0n) is 13.5. The van der Waals surface area contributed by atoms with Crippen LogP contribution in [0.1, 0.15) is 26.7 Å². The van der Waals surface area contributed by atoms with Gasteiger partial charge < -0.3 is 9.47 Å². The summed E-state index contributed by atoms with van der Waals surface area (Å²) < 4.78 is 10.9. The lowest BCUT2D eigenvalue weighted by Crippen LogP contribution is -2.39. The molecule has 1 heterocycles. The Balaban J connectivity index is 1.88. The number of nitro benzene ring substituents is 1. The summed E-state index contributed by atoms with van der Waals surface area (Å²) >= 11 is 0. The highest BCUT2D eigenvalue weighted by Gasteiger charge is 2.25. The molecule has 0 amide bonds. The van der Waals surface area contributed by atoms with Crippen LogP contribution in [0.15, 0.2) is 18.2 Å². The first-order valence-electron chi connectivity index (χ1n) is 7.59. The monoisotopic (exact) mass is 308 g/mol. The van der Waals surface area contributed by atoms with Crippen LogP contribution in [0.25, 0.3) is 0 Å². The number of hydrogen-bond acceptors (Lipinski definition) is 5. The van der Waals surface area contributed by atoms with Crippen LogP contribution >= 0.6 is 0 Å². The first-order valence-corrected chi connectivity index (χ1v) is 7.59. The number of methoxy groups -OCH3 is 1. The number of ether oxygens (including phenoxy) is 2. The van der Waals surface area contributed by atoms with Crippen molar-refractivity contribution in [2.45, 2.75) is 26.7 Å². The second-order valence-corrected chi connectivity index (χ2v) is 6.45. The summed E-state index contributed by atoms with van der Waals surface area (Å²) in [5.74, 6) is 0.944. The number of benzene rings is 1. The molecule has 0 bridgehead atoms. The predicted molar refractivity (Wildman–Crippen MR) is 84.6 cm³/mol. The third-order valence-corrected chi connectivity index (χ3v) is 4.23. The highest BCUT2D eigenvalue weighted by Crippen LogP contribution is 2.32. The van der Waals surface area contributed by atoms with Gasteiger partial charge in [-0.15, -0.1) is 0 Å². The van der Waals surface area contributed by atoms with Gasteiger partial charge in [-0.25, -0.2) is 0 Å². The van der Waals surface area contributed by atoms with E-state index in [2.05, 4.69) is 18.7 Å². The highest BCUT2D eigenvalue weighted by atomic mass is 16.6. The van der Waals surface area contributed by atoms with E-state index in [1.54, 1.807) is 6.07 Å². The molecule has 0 aromatic heterocycles. The Morgan fingerprint density at radius 1 is 1.27 bits per heavy atom. The Morgan fingerprint density at radius 2 is 1.95 bits per heavy atom. The first-order chi connectivity index (χ1) is 10.4. The van der Waals surface area contributed by atoms with Crippen molar-refractivity contribution in [2.24, 2.45) is 5.41 Å². The average molecular weight is 308 g/mol. The number of piperidine rings is 1. The molecular weight excluding hydrogens is 284 g/mol. The third kappa shape index (κ3) is 4.34. The van der Waals surface area contributed by atoms with E-state index in [1.165, 1.54) is 32.1 Å². The van der Waals surface area contributed by atoms with Gasteiger partial charge >= 0.3 is 0 Å². The van der Waals surface area contributed by atoms with Gasteiger partial charge in [0.05, 0.1) is 18.1 Å². The molecule has 0 N–H and O–H groups in total. The molecule has 6 nitrogen and oxygen atoms in total. The molecule has 6 heteroatoms. The quantitative estimate of drug-likeness (QED) is 0.597. The molecule has 0 radical (unpaired) electrons. The molecule has 0 aliphatic carbocycles. The van der Waals surface area contributed by atoms with Crippen molar-refractivity contribution < 1.29 is 14.4 Å². The predicted octanol–water partition coefficient (Wildman–Crippen LogP) is 3.10. The molecule has 122 valence electrons. The van der Waals surface area contributed by atoms with E-state index in [4.69, 9.17) is 9.47 Å². The minimum absolute atomic E-state index is 0.00974. The van der Waals surface area contributed by atoms with Gasteiger partial charge in [-0.1, -0.05) is 13.8 Å². The van der Waals surface area contributed by atoms with E-state index in [0.29, 0.717) is 23.5 Å². The van der Waals surface area contributed by atoms with Gasteiger partial charge in [0.2, 0.25) is 0 Å². The third-order valence-electron chi connectivity index (χ3n) is 4.23. The maximum Gasteiger partial charge on any atom is 0.273 e. The lowest BCUT2D eigenvalue weighted by atomic mass is 9.83. The summed E-state index contributed by atoms with van der Waals surface area (Å²) in [6.45, 7) is 8.06. The lowest BCUT2D eigenvalue weighted by Gasteiger charge is -2.36. The fraction of sp³-hybridized carbons (Fsp3) is 0.625. The molecule has 0 spiro atoms. The standard InChI is InChI=1S/C16H24N2O4/c1-16(2)6-8-17(9-7-16)10-11-22-15-12-13(18(19)20)4-5-14(15)21-3/h4-5,12H,6-11H2,1-3H3. The maximum absolute atomic E-state index is 10.8. The Bertz CT molecular complexity index is 521. The Hall–Kier alpha value is -1.82. The zero-order chi connectivity index (χ0) is 16.2. The van der Waals surface area contributed by atoms with Crippen LogP contribution in [0, 0.1) is 15.5 Å². The number of nitrogens with zero attached hydrogens (tertiary/aromatic N) is 2. The number of rotatable bonds is 6. The van der Waals surface area contributed by atoms with Gasteiger partial charge in [0, 0.05) is 12.6 Å². The molecule has 0 unspecified atom stereocenters. The van der Waals surface area contributed by atoms with E-state index in [0.717, 1.165) is 19.6 Å². The first kappa shape index (κ1) is 16.5. The zero-order valence-corrected chi connectivity index (χ0v) is 13.5. The van der Waals surface area contributed by atoms with Crippen molar-refractivity contribution in [3.05, 3.63) is 28.3 Å². The van der Waals surface area contributed by atoms with Crippen LogP contribution in [0.2, 0.25) is 0 Å². The topological polar surface area (TPSA) is 64.8 Å². The van der Waals surface area contributed by atoms with Gasteiger partial charge in [-0.05, 0) is 37.4 Å². The molecule has 22 heavy (non-hydrogen) atoms. The van der Waals surface area contributed by atoms with Crippen LogP contribution < -0.4 is 9.47 Å². The van der Waals surface area contributed by atoms with Crippen LogP contribution in [0.4, 0.5) is 5.69 Å². The van der Waals surface area contributed by atoms with Gasteiger partial charge in [-0.3, -0.25) is 15.0 Å². The molecule has 1 aliphatic rings. The maximum atomic E-state index is 10.8. The second kappa shape index (κ2) is 6.96. The second-order valence-electron chi connectivity index (χ2n) is 6.45. The summed E-state index contributed by atoms with van der Waals surface area (Å²) in [6, 6.07) is 4.40. The normalized spacial score (nSPS) is 18.0. The summed E-state index contributed by atoms with van der Waals surface area (Å²) in [4.78, 5) is 12.8. The average Bonchev–Trinajstić information content (AvgIpc) is 2.48. The molecule has 1 aliphatic heterocycles. The van der Waals surface area contributed by atoms with E-state index in [-0.39, 0.29) is 5.69 Å². The molecule has 0 saturated carbocycles. The highest BCUT2D eigenvalue weighted by molar-refractivity contribution is 5.48. The molecule has 1 aromatic carbocycles. The molecule has 0 atom stereocenters. The van der Waals surface area contributed by atoms with E-state index in [1.807, 2.05) is 0 Å². The van der Waals surface area contributed by atoms with Gasteiger partial charge in [-0.2, -0.15) is 0 Å². The summed E-state index contributed by atoms with van der Waals surface area (Å²) in [7, 11) is 1.53. The van der Waals surface area contributed by atoms with Crippen molar-refractivity contribution in [2.75, 3.05) is 33.4 Å². The van der Waals surface area contributed by atoms with Crippen molar-refractivity contribution in [3.8, 4) is 11.5 Å². The summed E-state index contributed by atoms with van der Waals surface area (Å²) in [6.07, 6.45) is 2.38. The fourth-order valence-corrected chi connectivity index (χ4v) is 2.56. The van der Waals surface area contributed by atoms with Crippen LogP contribution in [0.3, 0.4) is 0 Å². The molecule has 2 rings (SSSR count). The molecule has 1 aromatic rings. The minimum Gasteiger partial charge on any atom is -0.493 e. The smallest absolute Gasteiger partial charge is 0.273 e. The van der Waals surface area contributed by atoms with Crippen LogP contribution in [-0.4, -0.2) is 43.2 Å². The molecular formula is C16H24N2O4. The summed E-state index contributed by atoms with van der Waals surface area (Å²) in [5.41, 5.74) is 0.441. The summed E-state index contributed by atoms with van der Waals surface area (Å²) in [5, 5.41) is 10.8. The van der Waals surface area contributed by atoms with E-state index < -0.39 is 4.92 Å². The number of non-ortho nitro benzene ring substituents is 1. The lowest BCUT2D eigenvalue weighted by molar-refractivity contribution is -0.385. The van der Waals surface area contributed by atoms with E-state index in [9.17, 15) is 10.1 Å². The van der Waals surface area contributed by atoms with E-state index >= 15 is 0 Å². The Morgan fingerprint density at radius 3 is 2.55 bits per heavy atom.